The third kappa shape index (κ3) is 2.52. The SMILES string of the molecule is Cc1cc2c(cc1N)N(Cc1cc(F)cc(Br)c1)CC2. The van der Waals surface area contributed by atoms with Crippen LogP contribution in [0.25, 0.3) is 0 Å². The molecule has 0 amide bonds. The average molecular weight is 335 g/mol. The minimum atomic E-state index is -0.211. The van der Waals surface area contributed by atoms with Crippen LogP contribution in [-0.2, 0) is 13.0 Å². The number of hydrogen-bond acceptors (Lipinski definition) is 2. The van der Waals surface area contributed by atoms with Crippen LogP contribution in [-0.4, -0.2) is 6.54 Å². The van der Waals surface area contributed by atoms with Crippen LogP contribution in [0.15, 0.2) is 34.8 Å². The number of benzene rings is 2. The van der Waals surface area contributed by atoms with Gasteiger partial charge >= 0.3 is 0 Å². The van der Waals surface area contributed by atoms with Gasteiger partial charge in [0.25, 0.3) is 0 Å². The number of nitrogen functional groups attached to an aromatic ring is 1. The number of halogens is 2. The fourth-order valence-corrected chi connectivity index (χ4v) is 3.24. The van der Waals surface area contributed by atoms with E-state index in [-0.39, 0.29) is 5.82 Å². The third-order valence-electron chi connectivity index (χ3n) is 3.75. The van der Waals surface area contributed by atoms with Gasteiger partial charge < -0.3 is 10.6 Å². The van der Waals surface area contributed by atoms with Crippen molar-refractivity contribution in [2.24, 2.45) is 0 Å². The summed E-state index contributed by atoms with van der Waals surface area (Å²) in [6.07, 6.45) is 1.02. The summed E-state index contributed by atoms with van der Waals surface area (Å²) < 4.78 is 14.2. The van der Waals surface area contributed by atoms with Crippen molar-refractivity contribution in [3.05, 3.63) is 57.3 Å². The van der Waals surface area contributed by atoms with Crippen molar-refractivity contribution < 1.29 is 4.39 Å². The average Bonchev–Trinajstić information content (AvgIpc) is 2.71. The number of nitrogens with two attached hydrogens (primary N) is 1. The van der Waals surface area contributed by atoms with Gasteiger partial charge in [-0.15, -0.1) is 0 Å². The highest BCUT2D eigenvalue weighted by Crippen LogP contribution is 2.33. The van der Waals surface area contributed by atoms with Crippen molar-refractivity contribution >= 4 is 27.3 Å². The van der Waals surface area contributed by atoms with Gasteiger partial charge in [-0.25, -0.2) is 4.39 Å². The molecule has 0 radical (unpaired) electrons. The molecule has 0 fully saturated rings. The van der Waals surface area contributed by atoms with Crippen molar-refractivity contribution in [2.45, 2.75) is 19.9 Å². The standard InChI is InChI=1S/C16H16BrFN2/c1-10-4-12-2-3-20(16(12)8-15(10)19)9-11-5-13(17)7-14(18)6-11/h4-8H,2-3,9,19H2,1H3. The summed E-state index contributed by atoms with van der Waals surface area (Å²) >= 11 is 3.34. The van der Waals surface area contributed by atoms with E-state index in [2.05, 4.69) is 26.9 Å². The topological polar surface area (TPSA) is 29.3 Å². The molecule has 2 N–H and O–H groups in total. The van der Waals surface area contributed by atoms with E-state index in [1.165, 1.54) is 17.3 Å². The quantitative estimate of drug-likeness (QED) is 0.840. The zero-order chi connectivity index (χ0) is 14.3. The van der Waals surface area contributed by atoms with Crippen LogP contribution >= 0.6 is 15.9 Å². The zero-order valence-corrected chi connectivity index (χ0v) is 12.9. The smallest absolute Gasteiger partial charge is 0.124 e. The molecule has 104 valence electrons. The Hall–Kier alpha value is -1.55. The zero-order valence-electron chi connectivity index (χ0n) is 11.3. The van der Waals surface area contributed by atoms with Gasteiger partial charge in [-0.1, -0.05) is 22.0 Å². The lowest BCUT2D eigenvalue weighted by Crippen LogP contribution is -2.19. The lowest BCUT2D eigenvalue weighted by Gasteiger charge is -2.20. The van der Waals surface area contributed by atoms with Gasteiger partial charge in [0.1, 0.15) is 5.82 Å². The van der Waals surface area contributed by atoms with E-state index in [1.807, 2.05) is 19.1 Å². The van der Waals surface area contributed by atoms with E-state index >= 15 is 0 Å². The van der Waals surface area contributed by atoms with Crippen LogP contribution in [0.2, 0.25) is 0 Å². The molecule has 0 aliphatic carbocycles. The minimum Gasteiger partial charge on any atom is -0.398 e. The summed E-state index contributed by atoms with van der Waals surface area (Å²) in [5, 5.41) is 0. The first-order chi connectivity index (χ1) is 9.52. The number of aryl methyl sites for hydroxylation is 1. The molecule has 1 aliphatic heterocycles. The van der Waals surface area contributed by atoms with E-state index in [9.17, 15) is 4.39 Å². The Morgan fingerprint density at radius 3 is 2.80 bits per heavy atom. The number of hydrogen-bond donors (Lipinski definition) is 1. The van der Waals surface area contributed by atoms with Crippen molar-refractivity contribution in [1.82, 2.24) is 0 Å². The molecule has 2 nitrogen and oxygen atoms in total. The molecule has 2 aromatic carbocycles. The van der Waals surface area contributed by atoms with E-state index < -0.39 is 0 Å². The lowest BCUT2D eigenvalue weighted by atomic mass is 10.1. The van der Waals surface area contributed by atoms with Gasteiger partial charge in [0.15, 0.2) is 0 Å². The van der Waals surface area contributed by atoms with Crippen molar-refractivity contribution in [1.29, 1.82) is 0 Å². The fourth-order valence-electron chi connectivity index (χ4n) is 2.73. The lowest BCUT2D eigenvalue weighted by molar-refractivity contribution is 0.623. The van der Waals surface area contributed by atoms with E-state index in [0.717, 1.165) is 34.3 Å². The second-order valence-electron chi connectivity index (χ2n) is 5.29. The summed E-state index contributed by atoms with van der Waals surface area (Å²) in [7, 11) is 0. The fraction of sp³-hybridized carbons (Fsp3) is 0.250. The molecule has 1 heterocycles. The monoisotopic (exact) mass is 334 g/mol. The van der Waals surface area contributed by atoms with Crippen LogP contribution in [0.3, 0.4) is 0 Å². The van der Waals surface area contributed by atoms with Gasteiger partial charge in [-0.05, 0) is 54.3 Å². The van der Waals surface area contributed by atoms with Crippen LogP contribution in [0, 0.1) is 12.7 Å². The van der Waals surface area contributed by atoms with Gasteiger partial charge in [0, 0.05) is 28.9 Å². The summed E-state index contributed by atoms with van der Waals surface area (Å²) in [4.78, 5) is 2.26. The maximum atomic E-state index is 13.4. The first-order valence-electron chi connectivity index (χ1n) is 6.62. The Labute approximate surface area is 126 Å². The van der Waals surface area contributed by atoms with Crippen LogP contribution in [0.4, 0.5) is 15.8 Å². The second-order valence-corrected chi connectivity index (χ2v) is 6.20. The molecule has 4 heteroatoms. The molecule has 20 heavy (non-hydrogen) atoms. The molecular weight excluding hydrogens is 319 g/mol. The molecule has 3 rings (SSSR count). The summed E-state index contributed by atoms with van der Waals surface area (Å²) in [5.74, 6) is -0.211. The predicted octanol–water partition coefficient (Wildman–Crippen LogP) is 4.04. The van der Waals surface area contributed by atoms with Gasteiger partial charge in [-0.2, -0.15) is 0 Å². The maximum absolute atomic E-state index is 13.4. The van der Waals surface area contributed by atoms with Crippen LogP contribution < -0.4 is 10.6 Å². The minimum absolute atomic E-state index is 0.211. The molecule has 0 unspecified atom stereocenters. The first kappa shape index (κ1) is 13.4. The number of anilines is 2. The van der Waals surface area contributed by atoms with E-state index in [0.29, 0.717) is 6.54 Å². The van der Waals surface area contributed by atoms with Gasteiger partial charge in [0.2, 0.25) is 0 Å². The molecule has 0 saturated heterocycles. The van der Waals surface area contributed by atoms with Crippen molar-refractivity contribution in [3.63, 3.8) is 0 Å². The molecule has 0 bridgehead atoms. The Kier molecular flexibility index (Phi) is 3.42. The Morgan fingerprint density at radius 2 is 2.05 bits per heavy atom. The van der Waals surface area contributed by atoms with Gasteiger partial charge in [-0.3, -0.25) is 0 Å². The van der Waals surface area contributed by atoms with E-state index in [4.69, 9.17) is 5.73 Å². The second kappa shape index (κ2) is 5.09. The molecule has 0 atom stereocenters. The number of rotatable bonds is 2. The van der Waals surface area contributed by atoms with Crippen LogP contribution in [0.5, 0.6) is 0 Å². The highest BCUT2D eigenvalue weighted by molar-refractivity contribution is 9.10. The highest BCUT2D eigenvalue weighted by atomic mass is 79.9. The Morgan fingerprint density at radius 1 is 1.25 bits per heavy atom. The summed E-state index contributed by atoms with van der Waals surface area (Å²) in [6, 6.07) is 9.21. The normalized spacial score (nSPS) is 13.7. The maximum Gasteiger partial charge on any atom is 0.124 e. The third-order valence-corrected chi connectivity index (χ3v) is 4.21. The number of fused-ring (bicyclic) bond motifs is 1. The van der Waals surface area contributed by atoms with Crippen molar-refractivity contribution in [2.75, 3.05) is 17.2 Å². The van der Waals surface area contributed by atoms with Crippen LogP contribution in [0.1, 0.15) is 16.7 Å². The largest absolute Gasteiger partial charge is 0.398 e. The molecule has 0 spiro atoms. The predicted molar refractivity (Wildman–Crippen MR) is 84.4 cm³/mol. The molecular formula is C16H16BrFN2. The highest BCUT2D eigenvalue weighted by Gasteiger charge is 2.20. The molecule has 2 aromatic rings. The summed E-state index contributed by atoms with van der Waals surface area (Å²) in [5.41, 5.74) is 11.4. The summed E-state index contributed by atoms with van der Waals surface area (Å²) in [6.45, 7) is 3.68. The molecule has 0 saturated carbocycles. The number of nitrogens with zero attached hydrogens (tertiary/aromatic N) is 1. The van der Waals surface area contributed by atoms with Crippen molar-refractivity contribution in [3.8, 4) is 0 Å². The molecule has 1 aliphatic rings. The first-order valence-corrected chi connectivity index (χ1v) is 7.41. The van der Waals surface area contributed by atoms with E-state index in [1.54, 1.807) is 6.07 Å². The molecule has 0 aromatic heterocycles. The van der Waals surface area contributed by atoms with Gasteiger partial charge in [0.05, 0.1) is 0 Å². The Balaban J connectivity index is 1.90. The Bertz CT molecular complexity index is 650.